The lowest BCUT2D eigenvalue weighted by atomic mass is 10.1. The van der Waals surface area contributed by atoms with Gasteiger partial charge in [0.25, 0.3) is 0 Å². The molecule has 22 heavy (non-hydrogen) atoms. The van der Waals surface area contributed by atoms with E-state index in [0.29, 0.717) is 12.5 Å². The quantitative estimate of drug-likeness (QED) is 0.631. The van der Waals surface area contributed by atoms with E-state index in [1.165, 1.54) is 0 Å². The van der Waals surface area contributed by atoms with Crippen molar-refractivity contribution in [1.29, 1.82) is 0 Å². The summed E-state index contributed by atoms with van der Waals surface area (Å²) >= 11 is 0. The minimum Gasteiger partial charge on any atom is -0.396 e. The van der Waals surface area contributed by atoms with Gasteiger partial charge in [-0.05, 0) is 36.1 Å². The second kappa shape index (κ2) is 6.57. The van der Waals surface area contributed by atoms with Crippen molar-refractivity contribution in [2.45, 2.75) is 6.42 Å². The van der Waals surface area contributed by atoms with Gasteiger partial charge in [-0.2, -0.15) is 0 Å². The number of rotatable bonds is 7. The van der Waals surface area contributed by atoms with Gasteiger partial charge in [-0.15, -0.1) is 0 Å². The van der Waals surface area contributed by atoms with Crippen molar-refractivity contribution < 1.29 is 14.6 Å². The first-order valence-electron chi connectivity index (χ1n) is 7.48. The molecule has 1 fully saturated rings. The molecule has 2 atom stereocenters. The smallest absolute Gasteiger partial charge is 0.146 e. The number of methoxy groups -OCH3 is 1. The van der Waals surface area contributed by atoms with E-state index in [1.807, 2.05) is 12.1 Å². The van der Waals surface area contributed by atoms with Crippen LogP contribution >= 0.6 is 0 Å². The second-order valence-corrected chi connectivity index (χ2v) is 5.90. The topological polar surface area (TPSA) is 51.6 Å². The lowest BCUT2D eigenvalue weighted by Gasteiger charge is -2.12. The van der Waals surface area contributed by atoms with Gasteiger partial charge in [0.05, 0.1) is 18.7 Å². The summed E-state index contributed by atoms with van der Waals surface area (Å²) in [6, 6.07) is 10.2. The van der Waals surface area contributed by atoms with Crippen LogP contribution < -0.4 is 0 Å². The van der Waals surface area contributed by atoms with Crippen molar-refractivity contribution in [2.24, 2.45) is 11.3 Å². The monoisotopic (exact) mass is 299 g/mol. The van der Waals surface area contributed by atoms with Gasteiger partial charge in [0, 0.05) is 24.1 Å². The summed E-state index contributed by atoms with van der Waals surface area (Å²) in [6.07, 6.45) is 7.05. The highest BCUT2D eigenvalue weighted by Gasteiger charge is 2.52. The first kappa shape index (κ1) is 15.2. The van der Waals surface area contributed by atoms with Gasteiger partial charge < -0.3 is 14.6 Å². The molecule has 1 aliphatic rings. The molecule has 1 aliphatic carbocycles. The summed E-state index contributed by atoms with van der Waals surface area (Å²) in [5.74, 6) is 0.360. The van der Waals surface area contributed by atoms with Gasteiger partial charge in [0.1, 0.15) is 6.79 Å². The normalized spacial score (nSPS) is 24.2. The third-order valence-electron chi connectivity index (χ3n) is 4.31. The number of aliphatic hydroxyl groups is 1. The summed E-state index contributed by atoms with van der Waals surface area (Å²) < 4.78 is 10.3. The van der Waals surface area contributed by atoms with Crippen molar-refractivity contribution in [3.63, 3.8) is 0 Å². The van der Waals surface area contributed by atoms with Gasteiger partial charge in [-0.1, -0.05) is 24.3 Å². The Morgan fingerprint density at radius 3 is 3.14 bits per heavy atom. The zero-order chi connectivity index (χ0) is 15.4. The van der Waals surface area contributed by atoms with Crippen LogP contribution in [0.1, 0.15) is 12.0 Å². The van der Waals surface area contributed by atoms with Gasteiger partial charge >= 0.3 is 0 Å². The molecule has 0 unspecified atom stereocenters. The molecule has 2 aromatic rings. The SMILES string of the molecule is COCOC[C@]1(CO)C[C@H]1/C=C/c1ccc2ncccc2c1. The van der Waals surface area contributed by atoms with E-state index in [0.717, 1.165) is 22.9 Å². The molecule has 0 aliphatic heterocycles. The Kier molecular flexibility index (Phi) is 4.52. The molecule has 3 rings (SSSR count). The molecule has 1 heterocycles. The Morgan fingerprint density at radius 2 is 2.32 bits per heavy atom. The van der Waals surface area contributed by atoms with Gasteiger partial charge in [-0.3, -0.25) is 4.98 Å². The Balaban J connectivity index is 1.66. The molecule has 0 spiro atoms. The van der Waals surface area contributed by atoms with E-state index in [4.69, 9.17) is 9.47 Å². The lowest BCUT2D eigenvalue weighted by Crippen LogP contribution is -2.18. The fraction of sp³-hybridized carbons (Fsp3) is 0.389. The third-order valence-corrected chi connectivity index (χ3v) is 4.31. The van der Waals surface area contributed by atoms with E-state index in [1.54, 1.807) is 13.3 Å². The molecule has 0 radical (unpaired) electrons. The first-order valence-corrected chi connectivity index (χ1v) is 7.48. The molecule has 1 aromatic heterocycles. The van der Waals surface area contributed by atoms with E-state index >= 15 is 0 Å². The van der Waals surface area contributed by atoms with E-state index in [9.17, 15) is 5.11 Å². The molecule has 1 saturated carbocycles. The standard InChI is InChI=1S/C18H21NO3/c1-21-13-22-12-18(11-20)10-16(18)6-4-14-5-7-17-15(9-14)3-2-8-19-17/h2-9,16,20H,10-13H2,1H3/b6-4+/t16-,18-/m1/s1. The fourth-order valence-electron chi connectivity index (χ4n) is 2.80. The van der Waals surface area contributed by atoms with Crippen molar-refractivity contribution in [1.82, 2.24) is 4.98 Å². The zero-order valence-corrected chi connectivity index (χ0v) is 12.7. The molecule has 0 bridgehead atoms. The van der Waals surface area contributed by atoms with Crippen LogP contribution in [0.4, 0.5) is 0 Å². The number of ether oxygens (including phenoxy) is 2. The number of hydrogen-bond donors (Lipinski definition) is 1. The Morgan fingerprint density at radius 1 is 1.41 bits per heavy atom. The summed E-state index contributed by atoms with van der Waals surface area (Å²) in [6.45, 7) is 0.956. The fourth-order valence-corrected chi connectivity index (χ4v) is 2.80. The van der Waals surface area contributed by atoms with Crippen LogP contribution in [0.25, 0.3) is 17.0 Å². The van der Waals surface area contributed by atoms with E-state index in [-0.39, 0.29) is 18.8 Å². The molecule has 4 nitrogen and oxygen atoms in total. The number of aromatic nitrogens is 1. The van der Waals surface area contributed by atoms with Gasteiger partial charge in [0.15, 0.2) is 0 Å². The molecular formula is C18H21NO3. The van der Waals surface area contributed by atoms with Crippen LogP contribution in [0.3, 0.4) is 0 Å². The average Bonchev–Trinajstić information content (AvgIpc) is 3.27. The van der Waals surface area contributed by atoms with Crippen LogP contribution in [0.2, 0.25) is 0 Å². The van der Waals surface area contributed by atoms with Crippen molar-refractivity contribution in [2.75, 3.05) is 27.1 Å². The largest absolute Gasteiger partial charge is 0.396 e. The number of benzene rings is 1. The number of hydrogen-bond acceptors (Lipinski definition) is 4. The number of fused-ring (bicyclic) bond motifs is 1. The maximum absolute atomic E-state index is 9.60. The van der Waals surface area contributed by atoms with Crippen LogP contribution in [0.15, 0.2) is 42.6 Å². The van der Waals surface area contributed by atoms with Crippen molar-refractivity contribution >= 4 is 17.0 Å². The predicted molar refractivity (Wildman–Crippen MR) is 86.2 cm³/mol. The number of aliphatic hydroxyl groups excluding tert-OH is 1. The highest BCUT2D eigenvalue weighted by atomic mass is 16.7. The van der Waals surface area contributed by atoms with Crippen LogP contribution in [0.5, 0.6) is 0 Å². The molecule has 1 N–H and O–H groups in total. The van der Waals surface area contributed by atoms with Crippen LogP contribution in [0, 0.1) is 11.3 Å². The Labute approximate surface area is 130 Å². The minimum atomic E-state index is -0.132. The summed E-state index contributed by atoms with van der Waals surface area (Å²) in [7, 11) is 1.60. The number of pyridine rings is 1. The lowest BCUT2D eigenvalue weighted by molar-refractivity contribution is -0.0557. The van der Waals surface area contributed by atoms with E-state index in [2.05, 4.69) is 35.3 Å². The minimum absolute atomic E-state index is 0.132. The predicted octanol–water partition coefficient (Wildman–Crippen LogP) is 2.87. The molecule has 4 heteroatoms. The summed E-state index contributed by atoms with van der Waals surface area (Å²) in [4.78, 5) is 4.32. The van der Waals surface area contributed by atoms with E-state index < -0.39 is 0 Å². The maximum atomic E-state index is 9.60. The highest BCUT2D eigenvalue weighted by molar-refractivity contribution is 5.81. The Bertz CT molecular complexity index is 670. The summed E-state index contributed by atoms with van der Waals surface area (Å²) in [5, 5.41) is 10.7. The number of allylic oxidation sites excluding steroid dienone is 1. The van der Waals surface area contributed by atoms with Crippen LogP contribution in [-0.4, -0.2) is 37.2 Å². The molecule has 116 valence electrons. The molecule has 1 aromatic carbocycles. The van der Waals surface area contributed by atoms with Gasteiger partial charge in [0.2, 0.25) is 0 Å². The molecule has 0 saturated heterocycles. The number of nitrogens with zero attached hydrogens (tertiary/aromatic N) is 1. The Hall–Kier alpha value is -1.75. The van der Waals surface area contributed by atoms with Crippen molar-refractivity contribution in [3.8, 4) is 0 Å². The summed E-state index contributed by atoms with van der Waals surface area (Å²) in [5.41, 5.74) is 2.02. The third kappa shape index (κ3) is 3.19. The van der Waals surface area contributed by atoms with Crippen molar-refractivity contribution in [3.05, 3.63) is 48.2 Å². The highest BCUT2D eigenvalue weighted by Crippen LogP contribution is 2.53. The first-order chi connectivity index (χ1) is 10.8. The van der Waals surface area contributed by atoms with Crippen LogP contribution in [-0.2, 0) is 9.47 Å². The van der Waals surface area contributed by atoms with Gasteiger partial charge in [-0.25, -0.2) is 0 Å². The zero-order valence-electron chi connectivity index (χ0n) is 12.7. The maximum Gasteiger partial charge on any atom is 0.146 e. The second-order valence-electron chi connectivity index (χ2n) is 5.90. The molecular weight excluding hydrogens is 278 g/mol. The average molecular weight is 299 g/mol. The molecule has 0 amide bonds.